The van der Waals surface area contributed by atoms with Gasteiger partial charge in [-0.05, 0) is 41.0 Å². The SMILES string of the molecule is CS(=O)(=O)Nc1ccc(CNC(=O)COc2ccc(-c3ccccc3)cc2)cc1F. The van der Waals surface area contributed by atoms with Gasteiger partial charge in [-0.1, -0.05) is 48.5 Å². The summed E-state index contributed by atoms with van der Waals surface area (Å²) in [5.41, 5.74) is 2.48. The van der Waals surface area contributed by atoms with Crippen molar-refractivity contribution in [2.75, 3.05) is 17.6 Å². The van der Waals surface area contributed by atoms with Gasteiger partial charge in [0.15, 0.2) is 6.61 Å². The molecule has 0 heterocycles. The highest BCUT2D eigenvalue weighted by molar-refractivity contribution is 7.92. The number of benzene rings is 3. The van der Waals surface area contributed by atoms with Crippen LogP contribution in [0.4, 0.5) is 10.1 Å². The molecular formula is C22H21FN2O4S. The van der Waals surface area contributed by atoms with Crippen molar-refractivity contribution in [1.82, 2.24) is 5.32 Å². The first-order chi connectivity index (χ1) is 14.3. The summed E-state index contributed by atoms with van der Waals surface area (Å²) in [4.78, 5) is 12.0. The molecule has 0 bridgehead atoms. The van der Waals surface area contributed by atoms with Crippen molar-refractivity contribution >= 4 is 21.6 Å². The predicted molar refractivity (Wildman–Crippen MR) is 114 cm³/mol. The molecule has 0 atom stereocenters. The van der Waals surface area contributed by atoms with Crippen molar-refractivity contribution < 1.29 is 22.3 Å². The second-order valence-corrected chi connectivity index (χ2v) is 8.39. The van der Waals surface area contributed by atoms with Crippen LogP contribution in [-0.4, -0.2) is 27.2 Å². The number of halogens is 1. The first-order valence-electron chi connectivity index (χ1n) is 9.11. The van der Waals surface area contributed by atoms with Gasteiger partial charge in [0.2, 0.25) is 10.0 Å². The predicted octanol–water partition coefficient (Wildman–Crippen LogP) is 3.56. The van der Waals surface area contributed by atoms with Gasteiger partial charge >= 0.3 is 0 Å². The third-order valence-corrected chi connectivity index (χ3v) is 4.74. The molecule has 3 aromatic rings. The van der Waals surface area contributed by atoms with Crippen molar-refractivity contribution in [3.05, 3.63) is 84.2 Å². The molecule has 8 heteroatoms. The van der Waals surface area contributed by atoms with E-state index in [-0.39, 0.29) is 24.7 Å². The van der Waals surface area contributed by atoms with E-state index in [0.29, 0.717) is 11.3 Å². The van der Waals surface area contributed by atoms with Gasteiger partial charge in [0, 0.05) is 6.54 Å². The maximum atomic E-state index is 14.0. The fourth-order valence-corrected chi connectivity index (χ4v) is 3.29. The van der Waals surface area contributed by atoms with E-state index >= 15 is 0 Å². The molecule has 0 aromatic heterocycles. The van der Waals surface area contributed by atoms with Gasteiger partial charge in [-0.15, -0.1) is 0 Å². The third-order valence-electron chi connectivity index (χ3n) is 4.15. The van der Waals surface area contributed by atoms with Gasteiger partial charge in [-0.3, -0.25) is 9.52 Å². The van der Waals surface area contributed by atoms with Gasteiger partial charge in [-0.25, -0.2) is 12.8 Å². The van der Waals surface area contributed by atoms with Crippen LogP contribution in [0.3, 0.4) is 0 Å². The van der Waals surface area contributed by atoms with Crippen LogP contribution in [0.25, 0.3) is 11.1 Å². The van der Waals surface area contributed by atoms with Crippen molar-refractivity contribution in [3.8, 4) is 16.9 Å². The smallest absolute Gasteiger partial charge is 0.258 e. The lowest BCUT2D eigenvalue weighted by atomic mass is 10.1. The Kier molecular flexibility index (Phi) is 6.68. The average molecular weight is 428 g/mol. The molecule has 2 N–H and O–H groups in total. The molecule has 3 rings (SSSR count). The lowest BCUT2D eigenvalue weighted by Gasteiger charge is -2.10. The molecule has 0 fully saturated rings. The summed E-state index contributed by atoms with van der Waals surface area (Å²) in [5.74, 6) is -0.519. The van der Waals surface area contributed by atoms with Crippen LogP contribution in [0.2, 0.25) is 0 Å². The first kappa shape index (κ1) is 21.3. The molecule has 0 unspecified atom stereocenters. The van der Waals surface area contributed by atoms with Crippen molar-refractivity contribution in [1.29, 1.82) is 0 Å². The minimum atomic E-state index is -3.57. The lowest BCUT2D eigenvalue weighted by Crippen LogP contribution is -2.28. The Morgan fingerprint density at radius 1 is 0.967 bits per heavy atom. The number of anilines is 1. The van der Waals surface area contributed by atoms with Gasteiger partial charge in [0.05, 0.1) is 11.9 Å². The molecule has 0 aliphatic heterocycles. The summed E-state index contributed by atoms with van der Waals surface area (Å²) in [6.07, 6.45) is 0.940. The van der Waals surface area contributed by atoms with Crippen LogP contribution in [0.1, 0.15) is 5.56 Å². The van der Waals surface area contributed by atoms with Crippen LogP contribution in [0.5, 0.6) is 5.75 Å². The topological polar surface area (TPSA) is 84.5 Å². The number of hydrogen-bond donors (Lipinski definition) is 2. The molecule has 6 nitrogen and oxygen atoms in total. The van der Waals surface area contributed by atoms with Crippen LogP contribution in [-0.2, 0) is 21.4 Å². The van der Waals surface area contributed by atoms with Gasteiger partial charge < -0.3 is 10.1 Å². The molecule has 0 aliphatic rings. The Morgan fingerprint density at radius 3 is 2.27 bits per heavy atom. The molecule has 30 heavy (non-hydrogen) atoms. The molecule has 0 spiro atoms. The Labute approximate surface area is 174 Å². The largest absolute Gasteiger partial charge is 0.484 e. The number of nitrogens with one attached hydrogen (secondary N) is 2. The fourth-order valence-electron chi connectivity index (χ4n) is 2.73. The third kappa shape index (κ3) is 6.31. The second kappa shape index (κ2) is 9.41. The standard InChI is InChI=1S/C22H21FN2O4S/c1-30(27,28)25-21-12-7-16(13-20(21)23)14-24-22(26)15-29-19-10-8-18(9-11-19)17-5-3-2-4-6-17/h2-13,25H,14-15H2,1H3,(H,24,26). The summed E-state index contributed by atoms with van der Waals surface area (Å²) in [7, 11) is -3.57. The zero-order valence-electron chi connectivity index (χ0n) is 16.3. The Morgan fingerprint density at radius 2 is 1.63 bits per heavy atom. The molecular weight excluding hydrogens is 407 g/mol. The number of sulfonamides is 1. The Balaban J connectivity index is 1.49. The monoisotopic (exact) mass is 428 g/mol. The minimum Gasteiger partial charge on any atom is -0.484 e. The Hall–Kier alpha value is -3.39. The molecule has 0 saturated carbocycles. The molecule has 3 aromatic carbocycles. The summed E-state index contributed by atoms with van der Waals surface area (Å²) in [6, 6.07) is 21.3. The van der Waals surface area contributed by atoms with E-state index in [4.69, 9.17) is 4.74 Å². The van der Waals surface area contributed by atoms with E-state index < -0.39 is 15.8 Å². The summed E-state index contributed by atoms with van der Waals surface area (Å²) in [5, 5.41) is 2.63. The molecule has 0 aliphatic carbocycles. The quantitative estimate of drug-likeness (QED) is 0.575. The normalized spacial score (nSPS) is 11.0. The Bertz CT molecular complexity index is 1120. The maximum Gasteiger partial charge on any atom is 0.258 e. The maximum absolute atomic E-state index is 14.0. The number of carbonyl (C=O) groups excluding carboxylic acids is 1. The van der Waals surface area contributed by atoms with Crippen LogP contribution in [0, 0.1) is 5.82 Å². The van der Waals surface area contributed by atoms with E-state index in [1.807, 2.05) is 42.5 Å². The number of amides is 1. The van der Waals surface area contributed by atoms with Gasteiger partial charge in [-0.2, -0.15) is 0 Å². The number of ether oxygens (including phenoxy) is 1. The summed E-state index contributed by atoms with van der Waals surface area (Å²) in [6.45, 7) is -0.0912. The van der Waals surface area contributed by atoms with E-state index in [9.17, 15) is 17.6 Å². The number of rotatable bonds is 8. The first-order valence-corrected chi connectivity index (χ1v) is 11.0. The summed E-state index contributed by atoms with van der Waals surface area (Å²) >= 11 is 0. The zero-order chi connectivity index (χ0) is 21.6. The van der Waals surface area contributed by atoms with E-state index in [2.05, 4.69) is 10.0 Å². The van der Waals surface area contributed by atoms with Crippen molar-refractivity contribution in [2.24, 2.45) is 0 Å². The number of hydrogen-bond acceptors (Lipinski definition) is 4. The van der Waals surface area contributed by atoms with Crippen LogP contribution >= 0.6 is 0 Å². The van der Waals surface area contributed by atoms with Crippen molar-refractivity contribution in [3.63, 3.8) is 0 Å². The average Bonchev–Trinajstić information content (AvgIpc) is 2.72. The van der Waals surface area contributed by atoms with Crippen molar-refractivity contribution in [2.45, 2.75) is 6.54 Å². The minimum absolute atomic E-state index is 0.0885. The zero-order valence-corrected chi connectivity index (χ0v) is 17.1. The van der Waals surface area contributed by atoms with E-state index in [1.54, 1.807) is 12.1 Å². The lowest BCUT2D eigenvalue weighted by molar-refractivity contribution is -0.123. The van der Waals surface area contributed by atoms with Gasteiger partial charge in [0.1, 0.15) is 11.6 Å². The number of carbonyl (C=O) groups is 1. The molecule has 0 saturated heterocycles. The van der Waals surface area contributed by atoms with E-state index in [0.717, 1.165) is 23.4 Å². The highest BCUT2D eigenvalue weighted by atomic mass is 32.2. The van der Waals surface area contributed by atoms with Crippen LogP contribution < -0.4 is 14.8 Å². The molecule has 156 valence electrons. The summed E-state index contributed by atoms with van der Waals surface area (Å²) < 4.78 is 43.9. The van der Waals surface area contributed by atoms with E-state index in [1.165, 1.54) is 12.1 Å². The highest BCUT2D eigenvalue weighted by Gasteiger charge is 2.09. The highest BCUT2D eigenvalue weighted by Crippen LogP contribution is 2.22. The van der Waals surface area contributed by atoms with Crippen LogP contribution in [0.15, 0.2) is 72.8 Å². The molecule has 1 amide bonds. The van der Waals surface area contributed by atoms with Gasteiger partial charge in [0.25, 0.3) is 5.91 Å². The fraction of sp³-hybridized carbons (Fsp3) is 0.136. The molecule has 0 radical (unpaired) electrons. The second-order valence-electron chi connectivity index (χ2n) is 6.64.